The van der Waals surface area contributed by atoms with Gasteiger partial charge in [-0.3, -0.25) is 0 Å². The molecule has 0 fully saturated rings. The van der Waals surface area contributed by atoms with Gasteiger partial charge in [0, 0.05) is 29.1 Å². The highest BCUT2D eigenvalue weighted by molar-refractivity contribution is 7.08. The number of rotatable bonds is 10. The van der Waals surface area contributed by atoms with Gasteiger partial charge in [0.1, 0.15) is 29.1 Å². The third-order valence-electron chi connectivity index (χ3n) is 7.38. The lowest BCUT2D eigenvalue weighted by Crippen LogP contribution is -2.09. The maximum Gasteiger partial charge on any atom is 0.343 e. The fourth-order valence-corrected chi connectivity index (χ4v) is 6.12. The van der Waals surface area contributed by atoms with Gasteiger partial charge in [0.05, 0.1) is 38.0 Å². The lowest BCUT2D eigenvalue weighted by molar-refractivity contribution is 0.0592. The molecule has 0 unspecified atom stereocenters. The van der Waals surface area contributed by atoms with Gasteiger partial charge in [-0.15, -0.1) is 20.5 Å². The number of nitrogens with zero attached hydrogens (tertiary/aromatic N) is 18. The molecular weight excluding hydrogens is 745 g/mol. The molecule has 0 aliphatic carbocycles. The van der Waals surface area contributed by atoms with Crippen LogP contribution in [0.2, 0.25) is 0 Å². The Hall–Kier alpha value is -7.22. The number of methoxy groups -OCH3 is 2. The fourth-order valence-electron chi connectivity index (χ4n) is 4.84. The molecule has 0 bridgehead atoms. The van der Waals surface area contributed by atoms with Crippen molar-refractivity contribution in [3.63, 3.8) is 0 Å². The first-order valence-corrected chi connectivity index (χ1v) is 16.8. The standard InChI is InChI=1S/C28H26N20O4S2/c1-11-19(37-39-23-15(25(49)51-5)8-33-47(23)27-35-13(3)43-53-27)21(29)45(41-11)17-7-18(32-10-31-17)46-22(30)20(12(2)42-46)38-40-24-16(26(50)52-6)9-34-48(24)28-36-14(4)44-54-28/h7-10H,29-30H2,1-6H3/b39-37+,40-38+. The molecule has 0 amide bonds. The van der Waals surface area contributed by atoms with Gasteiger partial charge in [0.25, 0.3) is 0 Å². The van der Waals surface area contributed by atoms with E-state index in [-0.39, 0.29) is 57.4 Å². The minimum Gasteiger partial charge on any atom is -0.465 e. The van der Waals surface area contributed by atoms with Crippen LogP contribution in [0.3, 0.4) is 0 Å². The van der Waals surface area contributed by atoms with Gasteiger partial charge in [-0.1, -0.05) is 0 Å². The number of nitrogen functional groups attached to an aromatic ring is 2. The van der Waals surface area contributed by atoms with E-state index in [9.17, 15) is 9.59 Å². The monoisotopic (exact) mass is 770 g/mol. The number of hydrogen-bond acceptors (Lipinski definition) is 22. The van der Waals surface area contributed by atoms with Crippen LogP contribution in [0.5, 0.6) is 0 Å². The Kier molecular flexibility index (Phi) is 9.17. The number of ether oxygens (including phenoxy) is 2. The van der Waals surface area contributed by atoms with E-state index >= 15 is 0 Å². The summed E-state index contributed by atoms with van der Waals surface area (Å²) in [4.78, 5) is 42.3. The highest BCUT2D eigenvalue weighted by Gasteiger charge is 2.24. The summed E-state index contributed by atoms with van der Waals surface area (Å²) in [6.07, 6.45) is 3.87. The first-order chi connectivity index (χ1) is 26.0. The second-order valence-electron chi connectivity index (χ2n) is 10.9. The summed E-state index contributed by atoms with van der Waals surface area (Å²) < 4.78 is 23.4. The minimum absolute atomic E-state index is 0.0469. The van der Waals surface area contributed by atoms with E-state index in [1.54, 1.807) is 27.7 Å². The average Bonchev–Trinajstić information content (AvgIpc) is 4.03. The largest absolute Gasteiger partial charge is 0.465 e. The van der Waals surface area contributed by atoms with Crippen molar-refractivity contribution in [2.24, 2.45) is 20.5 Å². The number of azo groups is 2. The van der Waals surface area contributed by atoms with Crippen molar-refractivity contribution in [2.45, 2.75) is 27.7 Å². The average molecular weight is 771 g/mol. The molecule has 0 aliphatic heterocycles. The van der Waals surface area contributed by atoms with Crippen LogP contribution in [0.4, 0.5) is 34.6 Å². The van der Waals surface area contributed by atoms with Crippen LogP contribution in [0, 0.1) is 27.7 Å². The molecule has 0 saturated carbocycles. The second-order valence-corrected chi connectivity index (χ2v) is 12.4. The Morgan fingerprint density at radius 2 is 1.09 bits per heavy atom. The van der Waals surface area contributed by atoms with Crippen LogP contribution in [0.25, 0.3) is 21.9 Å². The number of anilines is 2. The van der Waals surface area contributed by atoms with Crippen molar-refractivity contribution >= 4 is 69.6 Å². The third-order valence-corrected chi connectivity index (χ3v) is 8.95. The molecule has 0 aliphatic rings. The van der Waals surface area contributed by atoms with Crippen LogP contribution in [-0.2, 0) is 9.47 Å². The molecule has 0 spiro atoms. The molecule has 7 heterocycles. The molecule has 0 aromatic carbocycles. The van der Waals surface area contributed by atoms with Crippen molar-refractivity contribution in [3.05, 3.63) is 59.0 Å². The summed E-state index contributed by atoms with van der Waals surface area (Å²) in [5.41, 5.74) is 14.3. The van der Waals surface area contributed by atoms with Gasteiger partial charge in [-0.2, -0.15) is 47.9 Å². The zero-order chi connectivity index (χ0) is 38.3. The predicted molar refractivity (Wildman–Crippen MR) is 189 cm³/mol. The maximum absolute atomic E-state index is 12.5. The van der Waals surface area contributed by atoms with E-state index in [1.165, 1.54) is 57.7 Å². The van der Waals surface area contributed by atoms with E-state index < -0.39 is 11.9 Å². The summed E-state index contributed by atoms with van der Waals surface area (Å²) in [7, 11) is 2.48. The Labute approximate surface area is 310 Å². The van der Waals surface area contributed by atoms with E-state index in [4.69, 9.17) is 20.9 Å². The number of hydrogen-bond donors (Lipinski definition) is 2. The van der Waals surface area contributed by atoms with Gasteiger partial charge in [0.15, 0.2) is 46.3 Å². The zero-order valence-corrected chi connectivity index (χ0v) is 30.6. The summed E-state index contributed by atoms with van der Waals surface area (Å²) in [6, 6.07) is 1.54. The van der Waals surface area contributed by atoms with E-state index in [0.29, 0.717) is 33.3 Å². The van der Waals surface area contributed by atoms with Crippen LogP contribution in [-0.4, -0.2) is 94.0 Å². The molecular formula is C28H26N20O4S2. The van der Waals surface area contributed by atoms with Crippen LogP contribution in [0.15, 0.2) is 45.2 Å². The van der Waals surface area contributed by atoms with Crippen LogP contribution in [0.1, 0.15) is 43.8 Å². The van der Waals surface area contributed by atoms with Crippen molar-refractivity contribution in [1.29, 1.82) is 0 Å². The normalized spacial score (nSPS) is 11.7. The molecule has 0 saturated heterocycles. The molecule has 0 atom stereocenters. The Balaban J connectivity index is 1.21. The molecule has 54 heavy (non-hydrogen) atoms. The second kappa shape index (κ2) is 14.1. The van der Waals surface area contributed by atoms with E-state index in [2.05, 4.69) is 69.5 Å². The first kappa shape index (κ1) is 35.2. The molecule has 0 radical (unpaired) electrons. The van der Waals surface area contributed by atoms with Crippen molar-refractivity contribution in [1.82, 2.24) is 67.8 Å². The molecule has 26 heteroatoms. The molecule has 7 aromatic heterocycles. The molecule has 4 N–H and O–H groups in total. The first-order valence-electron chi connectivity index (χ1n) is 15.3. The predicted octanol–water partition coefficient (Wildman–Crippen LogP) is 3.72. The van der Waals surface area contributed by atoms with Crippen LogP contribution >= 0.6 is 23.1 Å². The lowest BCUT2D eigenvalue weighted by atomic mass is 10.3. The van der Waals surface area contributed by atoms with Gasteiger partial charge < -0.3 is 20.9 Å². The van der Waals surface area contributed by atoms with E-state index in [0.717, 1.165) is 23.1 Å². The summed E-state index contributed by atoms with van der Waals surface area (Å²) in [6.45, 7) is 6.79. The van der Waals surface area contributed by atoms with Crippen molar-refractivity contribution < 1.29 is 19.1 Å². The summed E-state index contributed by atoms with van der Waals surface area (Å²) in [5.74, 6) is 0.395. The van der Waals surface area contributed by atoms with Gasteiger partial charge in [-0.05, 0) is 27.7 Å². The quantitative estimate of drug-likeness (QED) is 0.148. The maximum atomic E-state index is 12.5. The lowest BCUT2D eigenvalue weighted by Gasteiger charge is -2.06. The van der Waals surface area contributed by atoms with Crippen LogP contribution < -0.4 is 11.5 Å². The topological polar surface area (TPSA) is 303 Å². The highest BCUT2D eigenvalue weighted by Crippen LogP contribution is 2.35. The van der Waals surface area contributed by atoms with Gasteiger partial charge in [0.2, 0.25) is 10.3 Å². The van der Waals surface area contributed by atoms with Crippen molar-refractivity contribution in [3.8, 4) is 21.9 Å². The summed E-state index contributed by atoms with van der Waals surface area (Å²) >= 11 is 2.13. The number of aromatic nitrogens is 14. The number of nitrogens with two attached hydrogens (primary N) is 2. The SMILES string of the molecule is COC(=O)c1cnn(-c2nc(C)ns2)c1/N=N/c1c(C)nn(-c2cc(-n3nc(C)c(/N=N/c4c(C(=O)OC)cnn4-c4nc(C)ns4)c3N)ncn2)c1N. The number of carbonyl (C=O) groups is 2. The molecule has 7 aromatic rings. The van der Waals surface area contributed by atoms with Gasteiger partial charge in [-0.25, -0.2) is 29.5 Å². The number of esters is 2. The van der Waals surface area contributed by atoms with Crippen molar-refractivity contribution in [2.75, 3.05) is 25.7 Å². The smallest absolute Gasteiger partial charge is 0.343 e. The number of carbonyl (C=O) groups excluding carboxylic acids is 2. The fraction of sp³-hybridized carbons (Fsp3) is 0.214. The highest BCUT2D eigenvalue weighted by atomic mass is 32.1. The van der Waals surface area contributed by atoms with E-state index in [1.807, 2.05) is 0 Å². The Bertz CT molecular complexity index is 2450. The third kappa shape index (κ3) is 6.29. The molecule has 24 nitrogen and oxygen atoms in total. The van der Waals surface area contributed by atoms with Gasteiger partial charge >= 0.3 is 11.9 Å². The minimum atomic E-state index is -0.677. The number of aryl methyl sites for hydroxylation is 4. The molecule has 274 valence electrons. The Morgan fingerprint density at radius 3 is 1.46 bits per heavy atom. The molecule has 7 rings (SSSR count). The Morgan fingerprint density at radius 1 is 0.667 bits per heavy atom. The summed E-state index contributed by atoms with van der Waals surface area (Å²) in [5, 5.41) is 35.4. The zero-order valence-electron chi connectivity index (χ0n) is 29.0.